The maximum atomic E-state index is 12.3. The van der Waals surface area contributed by atoms with Crippen LogP contribution in [-0.4, -0.2) is 23.0 Å². The third kappa shape index (κ3) is 3.03. The second-order valence-corrected chi connectivity index (χ2v) is 4.93. The molecule has 1 amide bonds. The van der Waals surface area contributed by atoms with Crippen molar-refractivity contribution in [2.75, 3.05) is 12.8 Å². The van der Waals surface area contributed by atoms with Crippen molar-refractivity contribution in [2.24, 2.45) is 0 Å². The van der Waals surface area contributed by atoms with E-state index in [2.05, 4.69) is 0 Å². The molecular formula is C15H15ClN2O2. The number of carbonyl (C=O) groups is 1. The van der Waals surface area contributed by atoms with Crippen LogP contribution in [0.2, 0.25) is 5.02 Å². The molecule has 0 aromatic heterocycles. The highest BCUT2D eigenvalue weighted by Crippen LogP contribution is 2.22. The van der Waals surface area contributed by atoms with Crippen LogP contribution in [0.15, 0.2) is 42.5 Å². The molecule has 0 aliphatic carbocycles. The number of aromatic hydroxyl groups is 1. The highest BCUT2D eigenvalue weighted by Gasteiger charge is 2.16. The largest absolute Gasteiger partial charge is 0.508 e. The SMILES string of the molecule is CN(Cc1ccccc1Cl)C(=O)c1cc(O)ccc1N. The van der Waals surface area contributed by atoms with Crippen LogP contribution >= 0.6 is 11.6 Å². The molecule has 0 saturated carbocycles. The Morgan fingerprint density at radius 3 is 2.70 bits per heavy atom. The summed E-state index contributed by atoms with van der Waals surface area (Å²) in [6.45, 7) is 0.369. The number of carbonyl (C=O) groups excluding carboxylic acids is 1. The number of phenolic OH excluding ortho intramolecular Hbond substituents is 1. The average molecular weight is 291 g/mol. The van der Waals surface area contributed by atoms with Gasteiger partial charge in [-0.05, 0) is 29.8 Å². The molecule has 0 unspecified atom stereocenters. The standard InChI is InChI=1S/C15H15ClN2O2/c1-18(9-10-4-2-3-5-13(10)16)15(20)12-8-11(19)6-7-14(12)17/h2-8,19H,9,17H2,1H3. The number of hydrogen-bond acceptors (Lipinski definition) is 3. The van der Waals surface area contributed by atoms with Gasteiger partial charge in [0.1, 0.15) is 5.75 Å². The first-order valence-corrected chi connectivity index (χ1v) is 6.44. The topological polar surface area (TPSA) is 66.6 Å². The summed E-state index contributed by atoms with van der Waals surface area (Å²) in [6.07, 6.45) is 0. The number of halogens is 1. The van der Waals surface area contributed by atoms with Gasteiger partial charge in [0.2, 0.25) is 0 Å². The molecule has 2 aromatic carbocycles. The molecule has 0 atom stereocenters. The third-order valence-electron chi connectivity index (χ3n) is 2.98. The fraction of sp³-hybridized carbons (Fsp3) is 0.133. The van der Waals surface area contributed by atoms with Crippen molar-refractivity contribution in [3.05, 3.63) is 58.6 Å². The molecule has 0 heterocycles. The predicted molar refractivity (Wildman–Crippen MR) is 79.8 cm³/mol. The number of amides is 1. The van der Waals surface area contributed by atoms with E-state index in [4.69, 9.17) is 17.3 Å². The highest BCUT2D eigenvalue weighted by molar-refractivity contribution is 6.31. The van der Waals surface area contributed by atoms with Crippen LogP contribution in [0.25, 0.3) is 0 Å². The van der Waals surface area contributed by atoms with E-state index in [9.17, 15) is 9.90 Å². The lowest BCUT2D eigenvalue weighted by molar-refractivity contribution is 0.0786. The first-order valence-electron chi connectivity index (χ1n) is 6.06. The molecule has 2 aromatic rings. The summed E-state index contributed by atoms with van der Waals surface area (Å²) >= 11 is 6.07. The summed E-state index contributed by atoms with van der Waals surface area (Å²) in [5.74, 6) is -0.257. The van der Waals surface area contributed by atoms with E-state index < -0.39 is 0 Å². The number of hydrogen-bond donors (Lipinski definition) is 2. The molecule has 0 spiro atoms. The van der Waals surface area contributed by atoms with E-state index in [1.54, 1.807) is 13.1 Å². The minimum absolute atomic E-state index is 0.00805. The monoisotopic (exact) mass is 290 g/mol. The number of nitrogens with zero attached hydrogens (tertiary/aromatic N) is 1. The summed E-state index contributed by atoms with van der Waals surface area (Å²) in [5.41, 5.74) is 7.23. The zero-order chi connectivity index (χ0) is 14.7. The van der Waals surface area contributed by atoms with Crippen molar-refractivity contribution in [2.45, 2.75) is 6.54 Å². The minimum atomic E-state index is -0.265. The van der Waals surface area contributed by atoms with Crippen molar-refractivity contribution >= 4 is 23.2 Å². The first-order chi connectivity index (χ1) is 9.49. The molecule has 5 heteroatoms. The maximum Gasteiger partial charge on any atom is 0.256 e. The van der Waals surface area contributed by atoms with Gasteiger partial charge in [-0.1, -0.05) is 29.8 Å². The van der Waals surface area contributed by atoms with Gasteiger partial charge < -0.3 is 15.7 Å². The third-order valence-corrected chi connectivity index (χ3v) is 3.35. The second kappa shape index (κ2) is 5.84. The molecule has 3 N–H and O–H groups in total. The summed E-state index contributed by atoms with van der Waals surface area (Å²) in [6, 6.07) is 11.6. The molecular weight excluding hydrogens is 276 g/mol. The normalized spacial score (nSPS) is 10.3. The van der Waals surface area contributed by atoms with Crippen LogP contribution < -0.4 is 5.73 Å². The Morgan fingerprint density at radius 2 is 2.00 bits per heavy atom. The minimum Gasteiger partial charge on any atom is -0.508 e. The van der Waals surface area contributed by atoms with E-state index in [1.165, 1.54) is 23.1 Å². The van der Waals surface area contributed by atoms with Gasteiger partial charge in [-0.25, -0.2) is 0 Å². The lowest BCUT2D eigenvalue weighted by atomic mass is 10.1. The molecule has 0 fully saturated rings. The van der Waals surface area contributed by atoms with Crippen LogP contribution in [0.3, 0.4) is 0 Å². The molecule has 104 valence electrons. The zero-order valence-corrected chi connectivity index (χ0v) is 11.8. The maximum absolute atomic E-state index is 12.3. The fourth-order valence-corrected chi connectivity index (χ4v) is 2.08. The second-order valence-electron chi connectivity index (χ2n) is 4.52. The van der Waals surface area contributed by atoms with E-state index in [0.29, 0.717) is 17.3 Å². The number of rotatable bonds is 3. The van der Waals surface area contributed by atoms with Crippen LogP contribution in [0, 0.1) is 0 Å². The lowest BCUT2D eigenvalue weighted by Gasteiger charge is -2.19. The Morgan fingerprint density at radius 1 is 1.30 bits per heavy atom. The number of nitrogens with two attached hydrogens (primary N) is 1. The lowest BCUT2D eigenvalue weighted by Crippen LogP contribution is -2.27. The van der Waals surface area contributed by atoms with Gasteiger partial charge in [0.25, 0.3) is 5.91 Å². The van der Waals surface area contributed by atoms with Crippen LogP contribution in [0.5, 0.6) is 5.75 Å². The summed E-state index contributed by atoms with van der Waals surface area (Å²) < 4.78 is 0. The molecule has 4 nitrogen and oxygen atoms in total. The average Bonchev–Trinajstić information content (AvgIpc) is 2.43. The fourth-order valence-electron chi connectivity index (χ4n) is 1.89. The van der Waals surface area contributed by atoms with Crippen molar-refractivity contribution in [1.82, 2.24) is 4.90 Å². The van der Waals surface area contributed by atoms with Gasteiger partial charge in [-0.3, -0.25) is 4.79 Å². The summed E-state index contributed by atoms with van der Waals surface area (Å²) in [5, 5.41) is 10.1. The Balaban J connectivity index is 2.21. The molecule has 2 rings (SSSR count). The van der Waals surface area contributed by atoms with E-state index in [-0.39, 0.29) is 17.2 Å². The Bertz CT molecular complexity index is 644. The highest BCUT2D eigenvalue weighted by atomic mass is 35.5. The van der Waals surface area contributed by atoms with Crippen LogP contribution in [-0.2, 0) is 6.54 Å². The van der Waals surface area contributed by atoms with Crippen molar-refractivity contribution in [3.63, 3.8) is 0 Å². The predicted octanol–water partition coefficient (Wildman–Crippen LogP) is 2.90. The molecule has 0 aliphatic heterocycles. The zero-order valence-electron chi connectivity index (χ0n) is 11.0. The molecule has 0 saturated heterocycles. The number of nitrogen functional groups attached to an aromatic ring is 1. The number of anilines is 1. The van der Waals surface area contributed by atoms with Crippen molar-refractivity contribution in [1.29, 1.82) is 0 Å². The van der Waals surface area contributed by atoms with Crippen molar-refractivity contribution < 1.29 is 9.90 Å². The quantitative estimate of drug-likeness (QED) is 0.675. The van der Waals surface area contributed by atoms with Crippen molar-refractivity contribution in [3.8, 4) is 5.75 Å². The van der Waals surface area contributed by atoms with Gasteiger partial charge in [-0.15, -0.1) is 0 Å². The summed E-state index contributed by atoms with van der Waals surface area (Å²) in [7, 11) is 1.66. The molecule has 0 aliphatic rings. The first kappa shape index (κ1) is 14.2. The molecule has 0 radical (unpaired) electrons. The van der Waals surface area contributed by atoms with Gasteiger partial charge in [0.05, 0.1) is 5.56 Å². The van der Waals surface area contributed by atoms with E-state index in [1.807, 2.05) is 18.2 Å². The number of phenols is 1. The molecule has 20 heavy (non-hydrogen) atoms. The van der Waals surface area contributed by atoms with Gasteiger partial charge in [0.15, 0.2) is 0 Å². The van der Waals surface area contributed by atoms with Gasteiger partial charge in [-0.2, -0.15) is 0 Å². The van der Waals surface area contributed by atoms with Crippen LogP contribution in [0.4, 0.5) is 5.69 Å². The smallest absolute Gasteiger partial charge is 0.256 e. The van der Waals surface area contributed by atoms with E-state index in [0.717, 1.165) is 5.56 Å². The number of benzene rings is 2. The van der Waals surface area contributed by atoms with Gasteiger partial charge in [0, 0.05) is 24.3 Å². The Kier molecular flexibility index (Phi) is 4.15. The Labute approximate surface area is 122 Å². The van der Waals surface area contributed by atoms with E-state index >= 15 is 0 Å². The van der Waals surface area contributed by atoms with Crippen LogP contribution in [0.1, 0.15) is 15.9 Å². The summed E-state index contributed by atoms with van der Waals surface area (Å²) in [4.78, 5) is 13.8. The Hall–Kier alpha value is -2.20. The van der Waals surface area contributed by atoms with Gasteiger partial charge >= 0.3 is 0 Å². The molecule has 0 bridgehead atoms.